The maximum Gasteiger partial charge on any atom is 0.267 e. The highest BCUT2D eigenvalue weighted by molar-refractivity contribution is 4.43. The Bertz CT molecular complexity index is 29.8. The maximum absolute atomic E-state index is 10.8. The van der Waals surface area contributed by atoms with Crippen LogP contribution in [-0.2, 0) is 5.11 Å². The van der Waals surface area contributed by atoms with E-state index in [1.54, 1.807) is 0 Å². The Morgan fingerprint density at radius 2 is 1.67 bits per heavy atom. The molecule has 0 aliphatic heterocycles. The van der Waals surface area contributed by atoms with Gasteiger partial charge in [0.05, 0.1) is 0 Å². The molecule has 1 atom stereocenters. The molecular weight excluding hydrogens is 90.0 g/mol. The van der Waals surface area contributed by atoms with Crippen molar-refractivity contribution < 1.29 is 13.9 Å². The van der Waals surface area contributed by atoms with Gasteiger partial charge in [0, 0.05) is 0 Å². The van der Waals surface area contributed by atoms with Crippen molar-refractivity contribution in [1.82, 2.24) is 0 Å². The first kappa shape index (κ1) is 5.82. The third kappa shape index (κ3) is 2.08. The van der Waals surface area contributed by atoms with Gasteiger partial charge in [-0.2, -0.15) is 0 Å². The number of halogens is 2. The van der Waals surface area contributed by atoms with Crippen molar-refractivity contribution in [2.45, 2.75) is 19.5 Å². The molecule has 0 rings (SSSR count). The van der Waals surface area contributed by atoms with Gasteiger partial charge in [-0.05, 0) is 6.92 Å². The molecule has 3 heteroatoms. The zero-order chi connectivity index (χ0) is 5.15. The third-order valence-corrected chi connectivity index (χ3v) is 0.355. The Morgan fingerprint density at radius 1 is 1.50 bits per heavy atom. The molecule has 0 aliphatic rings. The van der Waals surface area contributed by atoms with Gasteiger partial charge in [-0.25, -0.2) is 13.9 Å². The largest absolute Gasteiger partial charge is 0.267 e. The molecule has 0 saturated heterocycles. The fourth-order valence-electron chi connectivity index (χ4n) is 0. The maximum atomic E-state index is 10.8. The normalized spacial score (nSPS) is 15.5. The Balaban J connectivity index is 2.99. The van der Waals surface area contributed by atoms with Gasteiger partial charge >= 0.3 is 0 Å². The van der Waals surface area contributed by atoms with Crippen LogP contribution in [-0.4, -0.2) is 12.5 Å². The van der Waals surface area contributed by atoms with Crippen molar-refractivity contribution in [1.29, 1.82) is 0 Å². The summed E-state index contributed by atoms with van der Waals surface area (Å²) in [6.45, 7) is 0.935. The summed E-state index contributed by atoms with van der Waals surface area (Å²) in [5.41, 5.74) is 0. The van der Waals surface area contributed by atoms with Crippen LogP contribution in [0.3, 0.4) is 0 Å². The lowest BCUT2D eigenvalue weighted by atomic mass is 10.4. The molecule has 6 heavy (non-hydrogen) atoms. The molecule has 0 aromatic carbocycles. The minimum atomic E-state index is -2.70. The molecule has 0 aromatic rings. The van der Waals surface area contributed by atoms with Crippen LogP contribution in [0.1, 0.15) is 6.92 Å². The van der Waals surface area contributed by atoms with Gasteiger partial charge in [0.15, 0.2) is 6.10 Å². The van der Waals surface area contributed by atoms with E-state index in [1.165, 1.54) is 0 Å². The third-order valence-electron chi connectivity index (χ3n) is 0.355. The molecule has 0 N–H and O–H groups in total. The zero-order valence-corrected chi connectivity index (χ0v) is 3.32. The zero-order valence-electron chi connectivity index (χ0n) is 3.32. The summed E-state index contributed by atoms with van der Waals surface area (Å²) in [6, 6.07) is 0. The van der Waals surface area contributed by atoms with Crippen molar-refractivity contribution >= 4 is 0 Å². The van der Waals surface area contributed by atoms with E-state index in [9.17, 15) is 13.9 Å². The molecule has 0 saturated carbocycles. The molecule has 0 fully saturated rings. The van der Waals surface area contributed by atoms with Gasteiger partial charge < -0.3 is 0 Å². The minimum absolute atomic E-state index is 0.935. The fourth-order valence-corrected chi connectivity index (χ4v) is 0. The number of rotatable bonds is 1. The van der Waals surface area contributed by atoms with Crippen LogP contribution in [0.25, 0.3) is 0 Å². The van der Waals surface area contributed by atoms with Gasteiger partial charge in [-0.15, -0.1) is 0 Å². The van der Waals surface area contributed by atoms with Crippen molar-refractivity contribution in [2.24, 2.45) is 0 Å². The molecule has 37 valence electrons. The van der Waals surface area contributed by atoms with Gasteiger partial charge in [0.2, 0.25) is 0 Å². The second kappa shape index (κ2) is 2.08. The highest BCUT2D eigenvalue weighted by Gasteiger charge is 2.10. The van der Waals surface area contributed by atoms with Crippen LogP contribution in [0.5, 0.6) is 0 Å². The highest BCUT2D eigenvalue weighted by atomic mass is 19.3. The first-order valence-corrected chi connectivity index (χ1v) is 1.58. The number of hydrogen-bond donors (Lipinski definition) is 0. The Labute approximate surface area is 34.6 Å². The monoisotopic (exact) mass is 95.0 g/mol. The summed E-state index contributed by atoms with van der Waals surface area (Å²) in [5, 5.41) is 9.48. The summed E-state index contributed by atoms with van der Waals surface area (Å²) < 4.78 is 21.7. The second-order valence-electron chi connectivity index (χ2n) is 1.04. The van der Waals surface area contributed by atoms with Gasteiger partial charge in [0.1, 0.15) is 0 Å². The van der Waals surface area contributed by atoms with E-state index in [0.717, 1.165) is 6.92 Å². The van der Waals surface area contributed by atoms with Crippen LogP contribution in [0.15, 0.2) is 0 Å². The molecular formula is C3H5F2O. The molecule has 0 heterocycles. The summed E-state index contributed by atoms with van der Waals surface area (Å²) in [7, 11) is 0. The molecule has 0 aliphatic carbocycles. The van der Waals surface area contributed by atoms with Gasteiger partial charge in [-0.3, -0.25) is 0 Å². The average Bonchev–Trinajstić information content (AvgIpc) is 1.36. The van der Waals surface area contributed by atoms with Crippen LogP contribution >= 0.6 is 0 Å². The highest BCUT2D eigenvalue weighted by Crippen LogP contribution is 1.97. The lowest BCUT2D eigenvalue weighted by Gasteiger charge is -1.93. The first-order valence-electron chi connectivity index (χ1n) is 1.58. The van der Waals surface area contributed by atoms with E-state index < -0.39 is 12.5 Å². The van der Waals surface area contributed by atoms with Crippen molar-refractivity contribution in [3.8, 4) is 0 Å². The fraction of sp³-hybridized carbons (Fsp3) is 1.00. The molecule has 0 unspecified atom stereocenters. The Kier molecular flexibility index (Phi) is 2.01. The molecule has 1 nitrogen and oxygen atoms in total. The van der Waals surface area contributed by atoms with Crippen molar-refractivity contribution in [2.75, 3.05) is 0 Å². The topological polar surface area (TPSA) is 19.9 Å². The van der Waals surface area contributed by atoms with Crippen LogP contribution in [0, 0.1) is 0 Å². The predicted molar refractivity (Wildman–Crippen MR) is 16.2 cm³/mol. The molecule has 1 radical (unpaired) electrons. The second-order valence-corrected chi connectivity index (χ2v) is 1.04. The van der Waals surface area contributed by atoms with E-state index in [0.29, 0.717) is 0 Å². The van der Waals surface area contributed by atoms with Crippen molar-refractivity contribution in [3.05, 3.63) is 0 Å². The summed E-state index contributed by atoms with van der Waals surface area (Å²) in [6.07, 6.45) is -4.44. The van der Waals surface area contributed by atoms with Crippen LogP contribution in [0.4, 0.5) is 8.78 Å². The van der Waals surface area contributed by atoms with Gasteiger partial charge in [-0.1, -0.05) is 0 Å². The van der Waals surface area contributed by atoms with Crippen LogP contribution < -0.4 is 0 Å². The van der Waals surface area contributed by atoms with Crippen LogP contribution in [0.2, 0.25) is 0 Å². The standard InChI is InChI=1S/C3H5F2O/c1-2(6)3(4)5/h2-3H,1H3/t2-/m1/s1. The quantitative estimate of drug-likeness (QED) is 0.464. The summed E-state index contributed by atoms with van der Waals surface area (Å²) in [5.74, 6) is 0. The van der Waals surface area contributed by atoms with E-state index in [-0.39, 0.29) is 0 Å². The minimum Gasteiger partial charge on any atom is -0.227 e. The molecule has 0 aromatic heterocycles. The molecule has 0 spiro atoms. The van der Waals surface area contributed by atoms with E-state index in [4.69, 9.17) is 0 Å². The van der Waals surface area contributed by atoms with E-state index >= 15 is 0 Å². The average molecular weight is 95.1 g/mol. The Hall–Kier alpha value is -0.180. The van der Waals surface area contributed by atoms with E-state index in [1.807, 2.05) is 0 Å². The predicted octanol–water partition coefficient (Wildman–Crippen LogP) is 1.07. The first-order chi connectivity index (χ1) is 2.64. The lowest BCUT2D eigenvalue weighted by molar-refractivity contribution is -0.0340. The lowest BCUT2D eigenvalue weighted by Crippen LogP contribution is -2.08. The van der Waals surface area contributed by atoms with Crippen molar-refractivity contribution in [3.63, 3.8) is 0 Å². The van der Waals surface area contributed by atoms with Gasteiger partial charge in [0.25, 0.3) is 6.43 Å². The van der Waals surface area contributed by atoms with E-state index in [2.05, 4.69) is 0 Å². The number of hydrogen-bond acceptors (Lipinski definition) is 0. The molecule has 0 bridgehead atoms. The molecule has 0 amide bonds. The summed E-state index contributed by atoms with van der Waals surface area (Å²) in [4.78, 5) is 0. The smallest absolute Gasteiger partial charge is 0.227 e. The number of alkyl halides is 2. The summed E-state index contributed by atoms with van der Waals surface area (Å²) >= 11 is 0. The Morgan fingerprint density at radius 3 is 1.67 bits per heavy atom. The SMILES string of the molecule is C[C@@H]([O])C(F)F.